The lowest BCUT2D eigenvalue weighted by atomic mass is 9.84. The average molecular weight is 311 g/mol. The van der Waals surface area contributed by atoms with Gasteiger partial charge in [0, 0.05) is 20.3 Å². The Hall–Kier alpha value is -0.910. The highest BCUT2D eigenvalue weighted by molar-refractivity contribution is 7.89. The van der Waals surface area contributed by atoms with Gasteiger partial charge in [0.15, 0.2) is 0 Å². The van der Waals surface area contributed by atoms with Crippen LogP contribution in [0.2, 0.25) is 0 Å². The van der Waals surface area contributed by atoms with Gasteiger partial charge in [-0.3, -0.25) is 0 Å². The molecule has 1 aliphatic carbocycles. The van der Waals surface area contributed by atoms with Gasteiger partial charge in [0.2, 0.25) is 10.0 Å². The molecule has 0 aromatic heterocycles. The fraction of sp³-hybridized carbons (Fsp3) is 0.625. The lowest BCUT2D eigenvalue weighted by molar-refractivity contribution is 0.196. The monoisotopic (exact) mass is 311 g/mol. The number of rotatable bonds is 7. The fourth-order valence-corrected chi connectivity index (χ4v) is 3.94. The minimum Gasteiger partial charge on any atom is -0.385 e. The topological polar surface area (TPSA) is 55.4 Å². The van der Waals surface area contributed by atoms with Crippen LogP contribution in [-0.4, -0.2) is 28.7 Å². The minimum absolute atomic E-state index is 0.347. The van der Waals surface area contributed by atoms with Crippen molar-refractivity contribution in [2.24, 2.45) is 0 Å². The molecule has 1 aromatic carbocycles. The van der Waals surface area contributed by atoms with Gasteiger partial charge in [-0.25, -0.2) is 13.1 Å². The third-order valence-corrected chi connectivity index (χ3v) is 5.56. The van der Waals surface area contributed by atoms with Crippen LogP contribution in [0.5, 0.6) is 0 Å². The molecule has 0 bridgehead atoms. The molecule has 1 aliphatic rings. The van der Waals surface area contributed by atoms with E-state index in [0.717, 1.165) is 0 Å². The first kappa shape index (κ1) is 16.5. The minimum atomic E-state index is -3.39. The number of ether oxygens (including phenoxy) is 1. The number of hydrogen-bond donors (Lipinski definition) is 1. The normalized spacial score (nSPS) is 17.0. The molecule has 118 valence electrons. The molecule has 1 aromatic rings. The number of hydrogen-bond acceptors (Lipinski definition) is 3. The molecule has 0 saturated heterocycles. The van der Waals surface area contributed by atoms with E-state index in [2.05, 4.69) is 4.72 Å². The largest absolute Gasteiger partial charge is 0.385 e. The van der Waals surface area contributed by atoms with Gasteiger partial charge < -0.3 is 4.74 Å². The number of sulfonamides is 1. The van der Waals surface area contributed by atoms with Crippen molar-refractivity contribution in [3.63, 3.8) is 0 Å². The highest BCUT2D eigenvalue weighted by atomic mass is 32.2. The Bertz CT molecular complexity index is 519. The van der Waals surface area contributed by atoms with Crippen LogP contribution in [0.1, 0.15) is 50.0 Å². The Labute approximate surface area is 127 Å². The predicted molar refractivity (Wildman–Crippen MR) is 83.9 cm³/mol. The quantitative estimate of drug-likeness (QED) is 0.787. The Morgan fingerprint density at radius 2 is 1.81 bits per heavy atom. The molecule has 0 unspecified atom stereocenters. The van der Waals surface area contributed by atoms with Gasteiger partial charge >= 0.3 is 0 Å². The standard InChI is InChI=1S/C16H25NO3S/c1-20-13-5-12-17-21(18,19)16-10-8-15(9-11-16)14-6-3-2-4-7-14/h8-11,14,17H,2-7,12-13H2,1H3. The van der Waals surface area contributed by atoms with Gasteiger partial charge in [0.1, 0.15) is 0 Å². The molecular formula is C16H25NO3S. The smallest absolute Gasteiger partial charge is 0.240 e. The average Bonchev–Trinajstić information content (AvgIpc) is 2.53. The van der Waals surface area contributed by atoms with E-state index in [1.165, 1.54) is 37.7 Å². The van der Waals surface area contributed by atoms with E-state index >= 15 is 0 Å². The summed E-state index contributed by atoms with van der Waals surface area (Å²) < 4.78 is 31.8. The second kappa shape index (κ2) is 7.92. The molecule has 21 heavy (non-hydrogen) atoms. The molecule has 0 atom stereocenters. The summed E-state index contributed by atoms with van der Waals surface area (Å²) in [4.78, 5) is 0.347. The molecule has 5 heteroatoms. The zero-order valence-electron chi connectivity index (χ0n) is 12.7. The van der Waals surface area contributed by atoms with E-state index in [1.54, 1.807) is 19.2 Å². The predicted octanol–water partition coefficient (Wildman–Crippen LogP) is 3.05. The molecule has 0 aliphatic heterocycles. The number of benzene rings is 1. The van der Waals surface area contributed by atoms with Crippen molar-refractivity contribution in [1.82, 2.24) is 4.72 Å². The van der Waals surface area contributed by atoms with E-state index in [9.17, 15) is 8.42 Å². The van der Waals surface area contributed by atoms with Crippen molar-refractivity contribution >= 4 is 10.0 Å². The highest BCUT2D eigenvalue weighted by Crippen LogP contribution is 2.32. The summed E-state index contributed by atoms with van der Waals surface area (Å²) in [6, 6.07) is 7.39. The van der Waals surface area contributed by atoms with Crippen LogP contribution in [0.4, 0.5) is 0 Å². The van der Waals surface area contributed by atoms with Crippen molar-refractivity contribution < 1.29 is 13.2 Å². The van der Waals surface area contributed by atoms with Gasteiger partial charge in [0.05, 0.1) is 4.90 Å². The van der Waals surface area contributed by atoms with Gasteiger partial charge in [-0.15, -0.1) is 0 Å². The second-order valence-corrected chi connectivity index (χ2v) is 7.42. The van der Waals surface area contributed by atoms with Crippen molar-refractivity contribution in [1.29, 1.82) is 0 Å². The highest BCUT2D eigenvalue weighted by Gasteiger charge is 2.17. The summed E-state index contributed by atoms with van der Waals surface area (Å²) in [5.41, 5.74) is 1.27. The van der Waals surface area contributed by atoms with E-state index in [4.69, 9.17) is 4.74 Å². The zero-order chi connectivity index (χ0) is 15.1. The SMILES string of the molecule is COCCCNS(=O)(=O)c1ccc(C2CCCCC2)cc1. The van der Waals surface area contributed by atoms with Crippen molar-refractivity contribution in [2.45, 2.75) is 49.3 Å². The molecule has 0 radical (unpaired) electrons. The van der Waals surface area contributed by atoms with Gasteiger partial charge in [0.25, 0.3) is 0 Å². The lowest BCUT2D eigenvalue weighted by Gasteiger charge is -2.22. The Balaban J connectivity index is 1.97. The lowest BCUT2D eigenvalue weighted by Crippen LogP contribution is -2.25. The molecule has 0 spiro atoms. The van der Waals surface area contributed by atoms with Crippen molar-refractivity contribution in [3.05, 3.63) is 29.8 Å². The van der Waals surface area contributed by atoms with E-state index in [1.807, 2.05) is 12.1 Å². The van der Waals surface area contributed by atoms with Crippen molar-refractivity contribution in [3.8, 4) is 0 Å². The Morgan fingerprint density at radius 1 is 1.14 bits per heavy atom. The molecule has 1 saturated carbocycles. The molecule has 1 fully saturated rings. The maximum atomic E-state index is 12.1. The maximum absolute atomic E-state index is 12.1. The summed E-state index contributed by atoms with van der Waals surface area (Å²) in [5, 5.41) is 0. The van der Waals surface area contributed by atoms with Crippen LogP contribution < -0.4 is 4.72 Å². The molecular weight excluding hydrogens is 286 g/mol. The van der Waals surface area contributed by atoms with Crippen LogP contribution in [0.3, 0.4) is 0 Å². The molecule has 1 N–H and O–H groups in total. The first-order valence-electron chi connectivity index (χ1n) is 7.72. The Morgan fingerprint density at radius 3 is 2.43 bits per heavy atom. The van der Waals surface area contributed by atoms with Crippen molar-refractivity contribution in [2.75, 3.05) is 20.3 Å². The zero-order valence-corrected chi connectivity index (χ0v) is 13.5. The first-order chi connectivity index (χ1) is 10.1. The summed E-state index contributed by atoms with van der Waals surface area (Å²) in [6.45, 7) is 0.962. The van der Waals surface area contributed by atoms with E-state index < -0.39 is 10.0 Å². The molecule has 0 amide bonds. The Kier molecular flexibility index (Phi) is 6.21. The van der Waals surface area contributed by atoms with Crippen LogP contribution in [0, 0.1) is 0 Å². The van der Waals surface area contributed by atoms with Gasteiger partial charge in [-0.1, -0.05) is 31.4 Å². The summed E-state index contributed by atoms with van der Waals surface area (Å²) >= 11 is 0. The number of nitrogens with one attached hydrogen (secondary N) is 1. The molecule has 0 heterocycles. The van der Waals surface area contributed by atoms with Gasteiger partial charge in [-0.2, -0.15) is 0 Å². The van der Waals surface area contributed by atoms with Gasteiger partial charge in [-0.05, 0) is 42.9 Å². The van der Waals surface area contributed by atoms with E-state index in [0.29, 0.717) is 30.4 Å². The van der Waals surface area contributed by atoms with E-state index in [-0.39, 0.29) is 0 Å². The third kappa shape index (κ3) is 4.80. The fourth-order valence-electron chi connectivity index (χ4n) is 2.86. The second-order valence-electron chi connectivity index (χ2n) is 5.65. The first-order valence-corrected chi connectivity index (χ1v) is 9.20. The van der Waals surface area contributed by atoms with Crippen LogP contribution >= 0.6 is 0 Å². The number of methoxy groups -OCH3 is 1. The maximum Gasteiger partial charge on any atom is 0.240 e. The van der Waals surface area contributed by atoms with Crippen LogP contribution in [0.15, 0.2) is 29.2 Å². The third-order valence-electron chi connectivity index (χ3n) is 4.08. The van der Waals surface area contributed by atoms with Crippen LogP contribution in [0.25, 0.3) is 0 Å². The molecule has 4 nitrogen and oxygen atoms in total. The molecule has 2 rings (SSSR count). The van der Waals surface area contributed by atoms with Crippen LogP contribution in [-0.2, 0) is 14.8 Å². The summed E-state index contributed by atoms with van der Waals surface area (Å²) in [6.07, 6.45) is 7.02. The summed E-state index contributed by atoms with van der Waals surface area (Å²) in [7, 11) is -1.78. The summed E-state index contributed by atoms with van der Waals surface area (Å²) in [5.74, 6) is 0.602.